The van der Waals surface area contributed by atoms with Gasteiger partial charge in [-0.05, 0) is 55.1 Å². The molecule has 0 N–H and O–H groups in total. The van der Waals surface area contributed by atoms with Gasteiger partial charge in [-0.1, -0.05) is 17.5 Å². The van der Waals surface area contributed by atoms with Gasteiger partial charge in [-0.25, -0.2) is 4.79 Å². The second-order valence-electron chi connectivity index (χ2n) is 5.78. The molecule has 136 valence electrons. The molecule has 0 bridgehead atoms. The SMILES string of the molecule is CCc1nnsc1C(=O)OCC(=O)N(CCC#N)c1cc(C)cc(C)c1. The van der Waals surface area contributed by atoms with Crippen LogP contribution in [0.1, 0.15) is 39.8 Å². The number of benzene rings is 1. The third-order valence-electron chi connectivity index (χ3n) is 3.67. The van der Waals surface area contributed by atoms with E-state index in [0.717, 1.165) is 22.7 Å². The average Bonchev–Trinajstić information content (AvgIpc) is 3.08. The van der Waals surface area contributed by atoms with Crippen LogP contribution in [0.4, 0.5) is 5.69 Å². The molecule has 2 aromatic rings. The second kappa shape index (κ2) is 9.06. The van der Waals surface area contributed by atoms with E-state index in [2.05, 4.69) is 9.59 Å². The summed E-state index contributed by atoms with van der Waals surface area (Å²) in [6, 6.07) is 7.77. The number of carbonyl (C=O) groups excluding carboxylic acids is 2. The summed E-state index contributed by atoms with van der Waals surface area (Å²) in [5.74, 6) is -0.986. The number of hydrogen-bond donors (Lipinski definition) is 0. The van der Waals surface area contributed by atoms with Gasteiger partial charge in [0, 0.05) is 12.2 Å². The second-order valence-corrected chi connectivity index (χ2v) is 6.53. The number of anilines is 1. The number of esters is 1. The standard InChI is InChI=1S/C18H20N4O3S/c1-4-15-17(26-21-20-15)18(24)25-11-16(23)22(7-5-6-19)14-9-12(2)8-13(3)10-14/h8-10H,4-5,7,11H2,1-3H3. The highest BCUT2D eigenvalue weighted by Crippen LogP contribution is 2.20. The first-order chi connectivity index (χ1) is 12.5. The molecule has 1 aromatic carbocycles. The third-order valence-corrected chi connectivity index (χ3v) is 4.42. The van der Waals surface area contributed by atoms with Crippen molar-refractivity contribution in [2.45, 2.75) is 33.6 Å². The van der Waals surface area contributed by atoms with Gasteiger partial charge in [0.25, 0.3) is 5.91 Å². The first kappa shape index (κ1) is 19.5. The quantitative estimate of drug-likeness (QED) is 0.694. The van der Waals surface area contributed by atoms with E-state index in [1.807, 2.05) is 45.0 Å². The average molecular weight is 372 g/mol. The lowest BCUT2D eigenvalue weighted by molar-refractivity contribution is -0.121. The highest BCUT2D eigenvalue weighted by Gasteiger charge is 2.21. The fourth-order valence-corrected chi connectivity index (χ4v) is 3.18. The Kier molecular flexibility index (Phi) is 6.81. The van der Waals surface area contributed by atoms with Gasteiger partial charge >= 0.3 is 5.97 Å². The van der Waals surface area contributed by atoms with E-state index in [-0.39, 0.29) is 18.9 Å². The number of aromatic nitrogens is 2. The molecule has 26 heavy (non-hydrogen) atoms. The Morgan fingerprint density at radius 1 is 1.27 bits per heavy atom. The molecule has 2 rings (SSSR count). The predicted octanol–water partition coefficient (Wildman–Crippen LogP) is 2.82. The van der Waals surface area contributed by atoms with Crippen LogP contribution in [0.3, 0.4) is 0 Å². The molecule has 1 aromatic heterocycles. The number of amides is 1. The Morgan fingerprint density at radius 3 is 2.58 bits per heavy atom. The van der Waals surface area contributed by atoms with Gasteiger partial charge in [0.1, 0.15) is 0 Å². The van der Waals surface area contributed by atoms with Crippen molar-refractivity contribution in [3.8, 4) is 6.07 Å². The lowest BCUT2D eigenvalue weighted by Gasteiger charge is -2.22. The Balaban J connectivity index is 2.11. The van der Waals surface area contributed by atoms with E-state index in [1.165, 1.54) is 4.90 Å². The van der Waals surface area contributed by atoms with Gasteiger partial charge in [-0.15, -0.1) is 5.10 Å². The molecule has 0 atom stereocenters. The van der Waals surface area contributed by atoms with E-state index in [1.54, 1.807) is 0 Å². The van der Waals surface area contributed by atoms with Crippen LogP contribution in [0.5, 0.6) is 0 Å². The molecule has 0 saturated carbocycles. The first-order valence-corrected chi connectivity index (χ1v) is 8.97. The topological polar surface area (TPSA) is 96.2 Å². The lowest BCUT2D eigenvalue weighted by Crippen LogP contribution is -2.35. The van der Waals surface area contributed by atoms with Crippen LogP contribution in [0.25, 0.3) is 0 Å². The summed E-state index contributed by atoms with van der Waals surface area (Å²) >= 11 is 0.953. The molecule has 0 aliphatic carbocycles. The van der Waals surface area contributed by atoms with Crippen LogP contribution in [0.15, 0.2) is 18.2 Å². The minimum absolute atomic E-state index is 0.186. The summed E-state index contributed by atoms with van der Waals surface area (Å²) in [7, 11) is 0. The van der Waals surface area contributed by atoms with Gasteiger partial charge < -0.3 is 9.64 Å². The third kappa shape index (κ3) is 4.86. The monoisotopic (exact) mass is 372 g/mol. The van der Waals surface area contributed by atoms with Crippen molar-refractivity contribution in [1.82, 2.24) is 9.59 Å². The molecule has 0 radical (unpaired) electrons. The molecular weight excluding hydrogens is 352 g/mol. The van der Waals surface area contributed by atoms with Crippen LogP contribution >= 0.6 is 11.5 Å². The van der Waals surface area contributed by atoms with E-state index >= 15 is 0 Å². The summed E-state index contributed by atoms with van der Waals surface area (Å²) < 4.78 is 8.89. The number of rotatable bonds is 7. The van der Waals surface area contributed by atoms with Crippen molar-refractivity contribution in [2.75, 3.05) is 18.1 Å². The van der Waals surface area contributed by atoms with Crippen LogP contribution in [-0.4, -0.2) is 34.6 Å². The fourth-order valence-electron chi connectivity index (χ4n) is 2.53. The summed E-state index contributed by atoms with van der Waals surface area (Å²) in [5, 5.41) is 12.7. The van der Waals surface area contributed by atoms with Crippen molar-refractivity contribution in [2.24, 2.45) is 0 Å². The zero-order chi connectivity index (χ0) is 19.1. The van der Waals surface area contributed by atoms with Crippen LogP contribution in [0, 0.1) is 25.2 Å². The highest BCUT2D eigenvalue weighted by atomic mass is 32.1. The normalized spacial score (nSPS) is 10.2. The molecule has 1 amide bonds. The van der Waals surface area contributed by atoms with Gasteiger partial charge in [0.2, 0.25) is 0 Å². The van der Waals surface area contributed by atoms with Crippen molar-refractivity contribution >= 4 is 29.1 Å². The molecule has 0 aliphatic heterocycles. The Hall–Kier alpha value is -2.79. The Morgan fingerprint density at radius 2 is 1.96 bits per heavy atom. The van der Waals surface area contributed by atoms with Crippen molar-refractivity contribution < 1.29 is 14.3 Å². The molecule has 0 fully saturated rings. The van der Waals surface area contributed by atoms with Gasteiger partial charge in [-0.2, -0.15) is 5.26 Å². The number of nitrogens with zero attached hydrogens (tertiary/aromatic N) is 4. The molecule has 0 saturated heterocycles. The molecule has 0 spiro atoms. The maximum atomic E-state index is 12.6. The summed E-state index contributed by atoms with van der Waals surface area (Å²) in [6.07, 6.45) is 0.747. The highest BCUT2D eigenvalue weighted by molar-refractivity contribution is 7.07. The number of hydrogen-bond acceptors (Lipinski definition) is 7. The zero-order valence-corrected chi connectivity index (χ0v) is 15.8. The summed E-state index contributed by atoms with van der Waals surface area (Å²) in [4.78, 5) is 26.6. The first-order valence-electron chi connectivity index (χ1n) is 8.20. The van der Waals surface area contributed by atoms with Gasteiger partial charge in [-0.3, -0.25) is 4.79 Å². The largest absolute Gasteiger partial charge is 0.451 e. The molecule has 0 unspecified atom stereocenters. The van der Waals surface area contributed by atoms with Crippen LogP contribution in [-0.2, 0) is 16.0 Å². The Labute approximate surface area is 156 Å². The fraction of sp³-hybridized carbons (Fsp3) is 0.389. The lowest BCUT2D eigenvalue weighted by atomic mass is 10.1. The number of aryl methyl sites for hydroxylation is 3. The van der Waals surface area contributed by atoms with Crippen LogP contribution < -0.4 is 4.90 Å². The van der Waals surface area contributed by atoms with E-state index in [0.29, 0.717) is 22.7 Å². The molecule has 0 aliphatic rings. The predicted molar refractivity (Wildman–Crippen MR) is 98.1 cm³/mol. The minimum Gasteiger partial charge on any atom is -0.451 e. The molecule has 1 heterocycles. The van der Waals surface area contributed by atoms with Crippen molar-refractivity contribution in [1.29, 1.82) is 5.26 Å². The number of ether oxygens (including phenoxy) is 1. The maximum absolute atomic E-state index is 12.6. The minimum atomic E-state index is -0.606. The van der Waals surface area contributed by atoms with Gasteiger partial charge in [0.05, 0.1) is 18.2 Å². The number of carbonyl (C=O) groups is 2. The van der Waals surface area contributed by atoms with Crippen LogP contribution in [0.2, 0.25) is 0 Å². The smallest absolute Gasteiger partial charge is 0.352 e. The summed E-state index contributed by atoms with van der Waals surface area (Å²) in [5.41, 5.74) is 3.26. The van der Waals surface area contributed by atoms with E-state index < -0.39 is 12.6 Å². The van der Waals surface area contributed by atoms with E-state index in [4.69, 9.17) is 10.00 Å². The number of nitriles is 1. The van der Waals surface area contributed by atoms with Crippen molar-refractivity contribution in [3.05, 3.63) is 39.9 Å². The zero-order valence-electron chi connectivity index (χ0n) is 15.0. The Bertz CT molecular complexity index is 821. The molecule has 7 nitrogen and oxygen atoms in total. The molecular formula is C18H20N4O3S. The van der Waals surface area contributed by atoms with E-state index in [9.17, 15) is 9.59 Å². The maximum Gasteiger partial charge on any atom is 0.352 e. The van der Waals surface area contributed by atoms with Gasteiger partial charge in [0.15, 0.2) is 11.5 Å². The summed E-state index contributed by atoms with van der Waals surface area (Å²) in [6.45, 7) is 5.57. The molecule has 8 heteroatoms. The van der Waals surface area contributed by atoms with Crippen molar-refractivity contribution in [3.63, 3.8) is 0 Å².